The van der Waals surface area contributed by atoms with Gasteiger partial charge in [-0.2, -0.15) is 0 Å². The third-order valence-corrected chi connectivity index (χ3v) is 4.82. The van der Waals surface area contributed by atoms with Crippen LogP contribution in [0.5, 0.6) is 0 Å². The van der Waals surface area contributed by atoms with Crippen molar-refractivity contribution in [1.29, 1.82) is 0 Å². The molecule has 0 unspecified atom stereocenters. The van der Waals surface area contributed by atoms with E-state index in [0.29, 0.717) is 12.6 Å². The van der Waals surface area contributed by atoms with E-state index in [4.69, 9.17) is 0 Å². The molecular weight excluding hydrogens is 340 g/mol. The van der Waals surface area contributed by atoms with Crippen LogP contribution in [0.2, 0.25) is 0 Å². The number of anilines is 2. The van der Waals surface area contributed by atoms with Crippen molar-refractivity contribution in [2.45, 2.75) is 25.8 Å². The van der Waals surface area contributed by atoms with Crippen LogP contribution in [0.25, 0.3) is 0 Å². The van der Waals surface area contributed by atoms with Crippen LogP contribution in [0.15, 0.2) is 53.0 Å². The zero-order valence-corrected chi connectivity index (χ0v) is 14.1. The minimum atomic E-state index is 0.00968. The van der Waals surface area contributed by atoms with Gasteiger partial charge >= 0.3 is 0 Å². The number of nitrogens with zero attached hydrogens (tertiary/aromatic N) is 1. The Morgan fingerprint density at radius 2 is 1.95 bits per heavy atom. The molecule has 0 spiro atoms. The van der Waals surface area contributed by atoms with Gasteiger partial charge in [-0.1, -0.05) is 30.3 Å². The summed E-state index contributed by atoms with van der Waals surface area (Å²) in [5.74, 6) is 0.00968. The summed E-state index contributed by atoms with van der Waals surface area (Å²) >= 11 is 3.46. The van der Waals surface area contributed by atoms with Gasteiger partial charge in [-0.05, 0) is 59.5 Å². The molecule has 0 saturated heterocycles. The molecule has 1 atom stereocenters. The first-order valence-corrected chi connectivity index (χ1v) is 8.33. The van der Waals surface area contributed by atoms with Gasteiger partial charge in [-0.3, -0.25) is 4.79 Å². The summed E-state index contributed by atoms with van der Waals surface area (Å²) in [4.78, 5) is 14.6. The van der Waals surface area contributed by atoms with Gasteiger partial charge in [0.25, 0.3) is 0 Å². The molecule has 1 aliphatic heterocycles. The van der Waals surface area contributed by atoms with Gasteiger partial charge in [-0.15, -0.1) is 0 Å². The summed E-state index contributed by atoms with van der Waals surface area (Å²) in [5.41, 5.74) is 3.32. The summed E-state index contributed by atoms with van der Waals surface area (Å²) in [6.45, 7) is 2.56. The van der Waals surface area contributed by atoms with Gasteiger partial charge in [0.2, 0.25) is 5.91 Å². The van der Waals surface area contributed by atoms with Crippen molar-refractivity contribution in [2.75, 3.05) is 16.8 Å². The van der Waals surface area contributed by atoms with Crippen LogP contribution in [0, 0.1) is 0 Å². The van der Waals surface area contributed by atoms with Crippen molar-refractivity contribution in [3.63, 3.8) is 0 Å². The second kappa shape index (κ2) is 6.53. The third-order valence-electron chi connectivity index (χ3n) is 4.13. The largest absolute Gasteiger partial charge is 0.359 e. The SMILES string of the molecule is C[C@H]1CCc2ccccc2N1CC(=O)Nc1ccccc1Br. The fourth-order valence-electron chi connectivity index (χ4n) is 2.91. The molecule has 1 N–H and O–H groups in total. The minimum Gasteiger partial charge on any atom is -0.359 e. The number of carbonyl (C=O) groups excluding carboxylic acids is 1. The maximum atomic E-state index is 12.4. The lowest BCUT2D eigenvalue weighted by atomic mass is 9.96. The Balaban J connectivity index is 1.75. The number of fused-ring (bicyclic) bond motifs is 1. The molecule has 114 valence electrons. The molecule has 0 aromatic heterocycles. The van der Waals surface area contributed by atoms with Gasteiger partial charge in [0, 0.05) is 16.2 Å². The van der Waals surface area contributed by atoms with E-state index in [0.717, 1.165) is 23.0 Å². The molecule has 22 heavy (non-hydrogen) atoms. The van der Waals surface area contributed by atoms with Gasteiger partial charge in [0.15, 0.2) is 0 Å². The average Bonchev–Trinajstić information content (AvgIpc) is 2.52. The third kappa shape index (κ3) is 3.17. The molecule has 0 aliphatic carbocycles. The lowest BCUT2D eigenvalue weighted by molar-refractivity contribution is -0.115. The number of hydrogen-bond donors (Lipinski definition) is 1. The van der Waals surface area contributed by atoms with Crippen molar-refractivity contribution >= 4 is 33.2 Å². The molecule has 0 saturated carbocycles. The number of carbonyl (C=O) groups is 1. The molecule has 1 aliphatic rings. The van der Waals surface area contributed by atoms with E-state index in [1.807, 2.05) is 30.3 Å². The standard InChI is InChI=1S/C18H19BrN2O/c1-13-10-11-14-6-2-5-9-17(14)21(13)12-18(22)20-16-8-4-3-7-15(16)19/h2-9,13H,10-12H2,1H3,(H,20,22)/t13-/m0/s1. The van der Waals surface area contributed by atoms with Crippen LogP contribution >= 0.6 is 15.9 Å². The maximum Gasteiger partial charge on any atom is 0.243 e. The molecule has 0 fully saturated rings. The summed E-state index contributed by atoms with van der Waals surface area (Å²) in [5, 5.41) is 2.98. The number of para-hydroxylation sites is 2. The fourth-order valence-corrected chi connectivity index (χ4v) is 3.29. The smallest absolute Gasteiger partial charge is 0.243 e. The molecule has 4 heteroatoms. The zero-order chi connectivity index (χ0) is 15.5. The lowest BCUT2D eigenvalue weighted by Crippen LogP contribution is -2.42. The monoisotopic (exact) mass is 358 g/mol. The van der Waals surface area contributed by atoms with Crippen molar-refractivity contribution in [3.05, 3.63) is 58.6 Å². The number of aryl methyl sites for hydroxylation is 1. The quantitative estimate of drug-likeness (QED) is 0.890. The number of halogens is 1. The highest BCUT2D eigenvalue weighted by molar-refractivity contribution is 9.10. The molecule has 3 rings (SSSR count). The van der Waals surface area contributed by atoms with Crippen LogP contribution < -0.4 is 10.2 Å². The van der Waals surface area contributed by atoms with Gasteiger partial charge in [0.1, 0.15) is 0 Å². The Bertz CT molecular complexity index is 686. The van der Waals surface area contributed by atoms with Crippen molar-refractivity contribution in [3.8, 4) is 0 Å². The van der Waals surface area contributed by atoms with Crippen molar-refractivity contribution in [2.24, 2.45) is 0 Å². The number of hydrogen-bond acceptors (Lipinski definition) is 2. The summed E-state index contributed by atoms with van der Waals surface area (Å²) in [6, 6.07) is 16.4. The first-order valence-electron chi connectivity index (χ1n) is 7.54. The van der Waals surface area contributed by atoms with Crippen LogP contribution in [-0.2, 0) is 11.2 Å². The minimum absolute atomic E-state index is 0.00968. The van der Waals surface area contributed by atoms with E-state index in [-0.39, 0.29) is 5.91 Å². The Hall–Kier alpha value is -1.81. The zero-order valence-electron chi connectivity index (χ0n) is 12.6. The molecule has 3 nitrogen and oxygen atoms in total. The molecule has 2 aromatic rings. The first-order chi connectivity index (χ1) is 10.6. The molecule has 2 aromatic carbocycles. The summed E-state index contributed by atoms with van der Waals surface area (Å²) in [6.07, 6.45) is 2.17. The molecule has 1 amide bonds. The Morgan fingerprint density at radius 3 is 2.77 bits per heavy atom. The number of nitrogens with one attached hydrogen (secondary N) is 1. The predicted molar refractivity (Wildman–Crippen MR) is 94.3 cm³/mol. The maximum absolute atomic E-state index is 12.4. The normalized spacial score (nSPS) is 17.0. The Labute approximate surface area is 139 Å². The highest BCUT2D eigenvalue weighted by Crippen LogP contribution is 2.30. The molecule has 1 heterocycles. The predicted octanol–water partition coefficient (Wildman–Crippen LogP) is 4.23. The van der Waals surface area contributed by atoms with Crippen molar-refractivity contribution < 1.29 is 4.79 Å². The molecular formula is C18H19BrN2O. The summed E-state index contributed by atoms with van der Waals surface area (Å²) < 4.78 is 0.899. The number of amides is 1. The van der Waals surface area contributed by atoms with Gasteiger partial charge in [0.05, 0.1) is 12.2 Å². The van der Waals surface area contributed by atoms with Gasteiger partial charge < -0.3 is 10.2 Å². The first kappa shape index (κ1) is 15.1. The van der Waals surface area contributed by atoms with E-state index < -0.39 is 0 Å². The molecule has 0 radical (unpaired) electrons. The second-order valence-electron chi connectivity index (χ2n) is 5.67. The van der Waals surface area contributed by atoms with Crippen LogP contribution in [0.3, 0.4) is 0 Å². The van der Waals surface area contributed by atoms with Crippen molar-refractivity contribution in [1.82, 2.24) is 0 Å². The Morgan fingerprint density at radius 1 is 1.23 bits per heavy atom. The average molecular weight is 359 g/mol. The van der Waals surface area contributed by atoms with Crippen LogP contribution in [0.4, 0.5) is 11.4 Å². The van der Waals surface area contributed by atoms with E-state index >= 15 is 0 Å². The Kier molecular flexibility index (Phi) is 4.48. The molecule has 0 bridgehead atoms. The van der Waals surface area contributed by atoms with E-state index in [2.05, 4.69) is 51.3 Å². The van der Waals surface area contributed by atoms with E-state index in [1.54, 1.807) is 0 Å². The second-order valence-corrected chi connectivity index (χ2v) is 6.53. The van der Waals surface area contributed by atoms with Crippen LogP contribution in [-0.4, -0.2) is 18.5 Å². The number of benzene rings is 2. The lowest BCUT2D eigenvalue weighted by Gasteiger charge is -2.36. The summed E-state index contributed by atoms with van der Waals surface area (Å²) in [7, 11) is 0. The fraction of sp³-hybridized carbons (Fsp3) is 0.278. The van der Waals surface area contributed by atoms with Crippen LogP contribution in [0.1, 0.15) is 18.9 Å². The van der Waals surface area contributed by atoms with Gasteiger partial charge in [-0.25, -0.2) is 0 Å². The topological polar surface area (TPSA) is 32.3 Å². The number of rotatable bonds is 3. The van der Waals surface area contributed by atoms with E-state index in [1.165, 1.54) is 11.3 Å². The highest BCUT2D eigenvalue weighted by Gasteiger charge is 2.24. The highest BCUT2D eigenvalue weighted by atomic mass is 79.9. The van der Waals surface area contributed by atoms with E-state index in [9.17, 15) is 4.79 Å².